The Kier molecular flexibility index (Phi) is 5.31. The summed E-state index contributed by atoms with van der Waals surface area (Å²) in [6.45, 7) is 4.20. The van der Waals surface area contributed by atoms with E-state index in [9.17, 15) is 4.79 Å². The minimum absolute atomic E-state index is 0.0988. The fraction of sp³-hybridized carbons (Fsp3) is 0.385. The number of pyridine rings is 1. The van der Waals surface area contributed by atoms with E-state index < -0.39 is 0 Å². The number of hydrogen-bond donors (Lipinski definition) is 1. The number of rotatable bonds is 5. The van der Waals surface area contributed by atoms with Gasteiger partial charge in [-0.2, -0.15) is 0 Å². The molecule has 2 aromatic rings. The zero-order chi connectivity index (χ0) is 14.5. The van der Waals surface area contributed by atoms with E-state index in [1.165, 1.54) is 0 Å². The Labute approximate surface area is 130 Å². The Morgan fingerprint density at radius 3 is 3.10 bits per heavy atom. The summed E-state index contributed by atoms with van der Waals surface area (Å²) >= 11 is 5.13. The van der Waals surface area contributed by atoms with Crippen molar-refractivity contribution in [2.75, 3.05) is 12.3 Å². The molecule has 0 aromatic carbocycles. The van der Waals surface area contributed by atoms with Gasteiger partial charge in [0.25, 0.3) is 0 Å². The number of amides is 1. The molecule has 0 saturated heterocycles. The molecule has 0 radical (unpaired) electrons. The minimum atomic E-state index is -0.373. The van der Waals surface area contributed by atoms with Gasteiger partial charge in [0.2, 0.25) is 0 Å². The quantitative estimate of drug-likeness (QED) is 0.658. The number of carbonyl (C=O) groups excluding carboxylic acids is 1. The lowest BCUT2D eigenvalue weighted by atomic mass is 10.5. The fourth-order valence-electron chi connectivity index (χ4n) is 1.65. The Balaban J connectivity index is 1.87. The molecule has 0 aliphatic carbocycles. The van der Waals surface area contributed by atoms with Crippen LogP contribution in [-0.2, 0) is 4.74 Å². The molecule has 0 unspecified atom stereocenters. The molecular weight excluding hydrogens is 342 g/mol. The van der Waals surface area contributed by atoms with Crippen LogP contribution >= 0.6 is 27.7 Å². The Bertz CT molecular complexity index is 600. The minimum Gasteiger partial charge on any atom is -0.447 e. The van der Waals surface area contributed by atoms with E-state index in [1.54, 1.807) is 18.0 Å². The van der Waals surface area contributed by atoms with Crippen molar-refractivity contribution in [3.8, 4) is 0 Å². The predicted octanol–water partition coefficient (Wildman–Crippen LogP) is 3.32. The van der Waals surface area contributed by atoms with Crippen LogP contribution in [-0.4, -0.2) is 33.9 Å². The second-order valence-corrected chi connectivity index (χ2v) is 6.30. The first-order chi connectivity index (χ1) is 9.58. The predicted molar refractivity (Wildman–Crippen MR) is 83.2 cm³/mol. The molecule has 2 rings (SSSR count). The van der Waals surface area contributed by atoms with Crippen molar-refractivity contribution in [2.45, 2.75) is 25.0 Å². The first-order valence-corrected chi connectivity index (χ1v) is 8.05. The van der Waals surface area contributed by atoms with Crippen LogP contribution in [0.3, 0.4) is 0 Å². The Morgan fingerprint density at radius 2 is 2.35 bits per heavy atom. The first kappa shape index (κ1) is 15.2. The van der Waals surface area contributed by atoms with Crippen molar-refractivity contribution in [1.82, 2.24) is 14.7 Å². The lowest BCUT2D eigenvalue weighted by molar-refractivity contribution is 0.116. The summed E-state index contributed by atoms with van der Waals surface area (Å²) in [5, 5.41) is 3.80. The summed E-state index contributed by atoms with van der Waals surface area (Å²) in [7, 11) is 0. The number of nitrogens with zero attached hydrogens (tertiary/aromatic N) is 2. The van der Waals surface area contributed by atoms with Crippen LogP contribution < -0.4 is 5.32 Å². The Hall–Kier alpha value is -1.21. The number of carbonyl (C=O) groups is 1. The second-order valence-electron chi connectivity index (χ2n) is 4.37. The Morgan fingerprint density at radius 1 is 1.55 bits per heavy atom. The van der Waals surface area contributed by atoms with Crippen LogP contribution in [0.25, 0.3) is 5.65 Å². The molecule has 0 atom stereocenters. The van der Waals surface area contributed by atoms with Crippen molar-refractivity contribution in [3.05, 3.63) is 29.0 Å². The van der Waals surface area contributed by atoms with E-state index in [1.807, 2.05) is 36.4 Å². The molecule has 20 heavy (non-hydrogen) atoms. The third-order valence-electron chi connectivity index (χ3n) is 2.41. The molecule has 2 heterocycles. The highest BCUT2D eigenvalue weighted by molar-refractivity contribution is 9.10. The molecule has 7 heteroatoms. The van der Waals surface area contributed by atoms with Crippen LogP contribution in [0.5, 0.6) is 0 Å². The number of nitrogens with one attached hydrogen (secondary N) is 1. The molecule has 0 aliphatic heterocycles. The SMILES string of the molecule is CC(C)OC(=O)NCCSc1cccc2ncc(Br)n12. The molecule has 108 valence electrons. The molecule has 0 saturated carbocycles. The van der Waals surface area contributed by atoms with Gasteiger partial charge in [-0.3, -0.25) is 4.40 Å². The molecule has 0 spiro atoms. The number of alkyl carbamates (subject to hydrolysis) is 1. The van der Waals surface area contributed by atoms with Gasteiger partial charge >= 0.3 is 6.09 Å². The van der Waals surface area contributed by atoms with Gasteiger partial charge in [-0.05, 0) is 41.9 Å². The van der Waals surface area contributed by atoms with E-state index >= 15 is 0 Å². The smallest absolute Gasteiger partial charge is 0.407 e. The van der Waals surface area contributed by atoms with Gasteiger partial charge < -0.3 is 10.1 Å². The third kappa shape index (κ3) is 3.89. The fourth-order valence-corrected chi connectivity index (χ4v) is 3.15. The molecule has 0 fully saturated rings. The number of hydrogen-bond acceptors (Lipinski definition) is 4. The maximum atomic E-state index is 11.3. The van der Waals surface area contributed by atoms with E-state index in [0.29, 0.717) is 6.54 Å². The van der Waals surface area contributed by atoms with Crippen LogP contribution in [0, 0.1) is 0 Å². The summed E-state index contributed by atoms with van der Waals surface area (Å²) in [5.41, 5.74) is 0.897. The van der Waals surface area contributed by atoms with Crippen LogP contribution in [0.2, 0.25) is 0 Å². The van der Waals surface area contributed by atoms with Gasteiger partial charge in [0.1, 0.15) is 10.3 Å². The van der Waals surface area contributed by atoms with Crippen molar-refractivity contribution in [1.29, 1.82) is 0 Å². The van der Waals surface area contributed by atoms with Crippen molar-refractivity contribution in [2.24, 2.45) is 0 Å². The number of fused-ring (bicyclic) bond motifs is 1. The standard InChI is InChI=1S/C13H16BrN3O2S/c1-9(2)19-13(18)15-6-7-20-12-5-3-4-11-16-8-10(14)17(11)12/h3-5,8-9H,6-7H2,1-2H3,(H,15,18). The van der Waals surface area contributed by atoms with Crippen molar-refractivity contribution >= 4 is 39.4 Å². The summed E-state index contributed by atoms with van der Waals surface area (Å²) in [4.78, 5) is 15.6. The molecule has 5 nitrogen and oxygen atoms in total. The lowest BCUT2D eigenvalue weighted by Crippen LogP contribution is -2.28. The molecule has 2 aromatic heterocycles. The number of imidazole rings is 1. The van der Waals surface area contributed by atoms with Crippen molar-refractivity contribution in [3.63, 3.8) is 0 Å². The number of aromatic nitrogens is 2. The molecule has 0 aliphatic rings. The van der Waals surface area contributed by atoms with Gasteiger partial charge in [0.05, 0.1) is 17.3 Å². The molecule has 1 amide bonds. The van der Waals surface area contributed by atoms with Gasteiger partial charge in [-0.1, -0.05) is 6.07 Å². The average Bonchev–Trinajstić information content (AvgIpc) is 2.77. The number of ether oxygens (including phenoxy) is 1. The van der Waals surface area contributed by atoms with E-state index in [0.717, 1.165) is 21.0 Å². The lowest BCUT2D eigenvalue weighted by Gasteiger charge is -2.10. The summed E-state index contributed by atoms with van der Waals surface area (Å²) in [6, 6.07) is 5.95. The maximum Gasteiger partial charge on any atom is 0.407 e. The highest BCUT2D eigenvalue weighted by Crippen LogP contribution is 2.23. The van der Waals surface area contributed by atoms with Crippen LogP contribution in [0.15, 0.2) is 34.0 Å². The van der Waals surface area contributed by atoms with E-state index in [-0.39, 0.29) is 12.2 Å². The summed E-state index contributed by atoms with van der Waals surface area (Å²) in [5.74, 6) is 0.761. The third-order valence-corrected chi connectivity index (χ3v) is 4.00. The maximum absolute atomic E-state index is 11.3. The highest BCUT2D eigenvalue weighted by atomic mass is 79.9. The van der Waals surface area contributed by atoms with Gasteiger partial charge in [-0.25, -0.2) is 9.78 Å². The van der Waals surface area contributed by atoms with E-state index in [2.05, 4.69) is 26.2 Å². The summed E-state index contributed by atoms with van der Waals surface area (Å²) < 4.78 is 7.94. The molecule has 1 N–H and O–H groups in total. The normalized spacial score (nSPS) is 11.0. The van der Waals surface area contributed by atoms with E-state index in [4.69, 9.17) is 4.74 Å². The monoisotopic (exact) mass is 357 g/mol. The van der Waals surface area contributed by atoms with Gasteiger partial charge in [0, 0.05) is 12.3 Å². The largest absolute Gasteiger partial charge is 0.447 e. The van der Waals surface area contributed by atoms with Gasteiger partial charge in [0.15, 0.2) is 0 Å². The molecule has 0 bridgehead atoms. The average molecular weight is 358 g/mol. The summed E-state index contributed by atoms with van der Waals surface area (Å²) in [6.07, 6.45) is 1.30. The number of halogens is 1. The second kappa shape index (κ2) is 6.99. The first-order valence-electron chi connectivity index (χ1n) is 6.27. The zero-order valence-electron chi connectivity index (χ0n) is 11.3. The highest BCUT2D eigenvalue weighted by Gasteiger charge is 2.07. The zero-order valence-corrected chi connectivity index (χ0v) is 13.7. The molecular formula is C13H16BrN3O2S. The number of thioether (sulfide) groups is 1. The van der Waals surface area contributed by atoms with Crippen molar-refractivity contribution < 1.29 is 9.53 Å². The topological polar surface area (TPSA) is 55.6 Å². The van der Waals surface area contributed by atoms with Gasteiger partial charge in [-0.15, -0.1) is 11.8 Å². The van der Waals surface area contributed by atoms with Crippen LogP contribution in [0.4, 0.5) is 4.79 Å². The van der Waals surface area contributed by atoms with Crippen LogP contribution in [0.1, 0.15) is 13.8 Å².